The van der Waals surface area contributed by atoms with Gasteiger partial charge in [0, 0.05) is 19.7 Å². The normalized spacial score (nSPS) is 18.9. The van der Waals surface area contributed by atoms with Gasteiger partial charge in [-0.25, -0.2) is 0 Å². The topological polar surface area (TPSA) is 102 Å². The van der Waals surface area contributed by atoms with Crippen LogP contribution in [0.1, 0.15) is 18.4 Å². The number of rotatable bonds is 5. The van der Waals surface area contributed by atoms with E-state index in [0.29, 0.717) is 12.2 Å². The van der Waals surface area contributed by atoms with E-state index < -0.39 is 4.92 Å². The summed E-state index contributed by atoms with van der Waals surface area (Å²) in [6.07, 6.45) is 1.68. The molecular weight excluding hydrogens is 260 g/mol. The first-order valence-corrected chi connectivity index (χ1v) is 6.51. The van der Waals surface area contributed by atoms with Crippen LogP contribution in [0.4, 0.5) is 11.4 Å². The van der Waals surface area contributed by atoms with E-state index in [1.165, 1.54) is 0 Å². The van der Waals surface area contributed by atoms with Crippen LogP contribution in [-0.4, -0.2) is 35.4 Å². The van der Waals surface area contributed by atoms with Gasteiger partial charge >= 0.3 is 0 Å². The minimum Gasteiger partial charge on any atom is -0.383 e. The van der Waals surface area contributed by atoms with E-state index in [2.05, 4.69) is 5.32 Å². The molecule has 1 saturated heterocycles. The first-order chi connectivity index (χ1) is 9.52. The Morgan fingerprint density at radius 3 is 2.95 bits per heavy atom. The SMILES string of the molecule is CNc1ccc(CN2CCCC2C(N)=O)cc1[N+](=O)[O-]. The lowest BCUT2D eigenvalue weighted by molar-refractivity contribution is -0.384. The van der Waals surface area contributed by atoms with Crippen LogP contribution in [0.15, 0.2) is 18.2 Å². The fourth-order valence-corrected chi connectivity index (χ4v) is 2.61. The minimum atomic E-state index is -0.412. The third-order valence-electron chi connectivity index (χ3n) is 3.61. The summed E-state index contributed by atoms with van der Waals surface area (Å²) in [5.74, 6) is -0.330. The van der Waals surface area contributed by atoms with E-state index in [9.17, 15) is 14.9 Å². The Morgan fingerprint density at radius 1 is 1.60 bits per heavy atom. The van der Waals surface area contributed by atoms with Crippen molar-refractivity contribution in [1.29, 1.82) is 0 Å². The van der Waals surface area contributed by atoms with Crippen LogP contribution in [0.3, 0.4) is 0 Å². The highest BCUT2D eigenvalue weighted by Gasteiger charge is 2.29. The lowest BCUT2D eigenvalue weighted by Gasteiger charge is -2.21. The number of carbonyl (C=O) groups is 1. The van der Waals surface area contributed by atoms with Crippen LogP contribution >= 0.6 is 0 Å². The number of nitrogens with one attached hydrogen (secondary N) is 1. The van der Waals surface area contributed by atoms with Crippen molar-refractivity contribution in [2.24, 2.45) is 5.73 Å². The van der Waals surface area contributed by atoms with Crippen LogP contribution < -0.4 is 11.1 Å². The fourth-order valence-electron chi connectivity index (χ4n) is 2.61. The van der Waals surface area contributed by atoms with Crippen molar-refractivity contribution in [2.45, 2.75) is 25.4 Å². The Morgan fingerprint density at radius 2 is 2.35 bits per heavy atom. The van der Waals surface area contributed by atoms with Gasteiger partial charge in [0.25, 0.3) is 5.69 Å². The molecule has 7 heteroatoms. The number of likely N-dealkylation sites (tertiary alicyclic amines) is 1. The summed E-state index contributed by atoms with van der Waals surface area (Å²) in [6.45, 7) is 1.29. The molecule has 20 heavy (non-hydrogen) atoms. The zero-order chi connectivity index (χ0) is 14.7. The molecule has 1 fully saturated rings. The second-order valence-electron chi connectivity index (χ2n) is 4.89. The van der Waals surface area contributed by atoms with Crippen molar-refractivity contribution in [1.82, 2.24) is 4.90 Å². The van der Waals surface area contributed by atoms with E-state index >= 15 is 0 Å². The Bertz CT molecular complexity index is 532. The third kappa shape index (κ3) is 2.88. The molecule has 3 N–H and O–H groups in total. The van der Waals surface area contributed by atoms with E-state index in [-0.39, 0.29) is 17.6 Å². The number of nitrogens with zero attached hydrogens (tertiary/aromatic N) is 2. The molecule has 1 aliphatic heterocycles. The molecule has 0 bridgehead atoms. The number of anilines is 1. The lowest BCUT2D eigenvalue weighted by Crippen LogP contribution is -2.39. The molecule has 1 aliphatic rings. The van der Waals surface area contributed by atoms with Crippen LogP contribution in [0.2, 0.25) is 0 Å². The predicted octanol–water partition coefficient (Wildman–Crippen LogP) is 1.09. The molecule has 0 saturated carbocycles. The summed E-state index contributed by atoms with van der Waals surface area (Å²) in [7, 11) is 1.64. The van der Waals surface area contributed by atoms with E-state index in [0.717, 1.165) is 24.9 Å². The second kappa shape index (κ2) is 5.87. The molecular formula is C13H18N4O3. The monoisotopic (exact) mass is 278 g/mol. The van der Waals surface area contributed by atoms with Crippen LogP contribution in [-0.2, 0) is 11.3 Å². The maximum absolute atomic E-state index is 11.3. The van der Waals surface area contributed by atoms with Gasteiger partial charge in [0.05, 0.1) is 11.0 Å². The predicted molar refractivity (Wildman–Crippen MR) is 75.3 cm³/mol. The number of hydrogen-bond acceptors (Lipinski definition) is 5. The smallest absolute Gasteiger partial charge is 0.292 e. The maximum Gasteiger partial charge on any atom is 0.292 e. The number of hydrogen-bond donors (Lipinski definition) is 2. The number of nitro benzene ring substituents is 1. The highest BCUT2D eigenvalue weighted by Crippen LogP contribution is 2.27. The Hall–Kier alpha value is -2.15. The summed E-state index contributed by atoms with van der Waals surface area (Å²) >= 11 is 0. The average molecular weight is 278 g/mol. The number of amides is 1. The summed E-state index contributed by atoms with van der Waals surface area (Å²) < 4.78 is 0. The summed E-state index contributed by atoms with van der Waals surface area (Å²) in [6, 6.07) is 4.79. The zero-order valence-electron chi connectivity index (χ0n) is 11.3. The van der Waals surface area contributed by atoms with Crippen molar-refractivity contribution >= 4 is 17.3 Å². The molecule has 1 unspecified atom stereocenters. The molecule has 1 amide bonds. The molecule has 1 atom stereocenters. The average Bonchev–Trinajstić information content (AvgIpc) is 2.87. The van der Waals surface area contributed by atoms with Gasteiger partial charge < -0.3 is 11.1 Å². The first kappa shape index (κ1) is 14.3. The minimum absolute atomic E-state index is 0.0415. The van der Waals surface area contributed by atoms with Gasteiger partial charge in [-0.15, -0.1) is 0 Å². The number of nitrogens with two attached hydrogens (primary N) is 1. The summed E-state index contributed by atoms with van der Waals surface area (Å²) in [5.41, 5.74) is 6.70. The number of benzene rings is 1. The standard InChI is InChI=1S/C13H18N4O3/c1-15-10-5-4-9(7-12(10)17(19)20)8-16-6-2-3-11(16)13(14)18/h4-5,7,11,15H,2-3,6,8H2,1H3,(H2,14,18). The largest absolute Gasteiger partial charge is 0.383 e. The highest BCUT2D eigenvalue weighted by molar-refractivity contribution is 5.80. The molecule has 2 rings (SSSR count). The molecule has 7 nitrogen and oxygen atoms in total. The van der Waals surface area contributed by atoms with E-state index in [1.54, 1.807) is 19.2 Å². The second-order valence-corrected chi connectivity index (χ2v) is 4.89. The highest BCUT2D eigenvalue weighted by atomic mass is 16.6. The van der Waals surface area contributed by atoms with Crippen LogP contribution in [0.25, 0.3) is 0 Å². The van der Waals surface area contributed by atoms with Crippen molar-refractivity contribution in [2.75, 3.05) is 18.9 Å². The molecule has 1 heterocycles. The van der Waals surface area contributed by atoms with E-state index in [1.807, 2.05) is 11.0 Å². The lowest BCUT2D eigenvalue weighted by atomic mass is 10.1. The number of carbonyl (C=O) groups excluding carboxylic acids is 1. The Labute approximate surface area is 116 Å². The van der Waals surface area contributed by atoms with Gasteiger partial charge in [0.2, 0.25) is 5.91 Å². The van der Waals surface area contributed by atoms with Crippen molar-refractivity contribution in [3.05, 3.63) is 33.9 Å². The Kier molecular flexibility index (Phi) is 4.19. The van der Waals surface area contributed by atoms with Gasteiger partial charge in [-0.2, -0.15) is 0 Å². The molecule has 0 radical (unpaired) electrons. The molecule has 0 aromatic heterocycles. The Balaban J connectivity index is 2.19. The number of primary amides is 1. The zero-order valence-corrected chi connectivity index (χ0v) is 11.3. The molecule has 0 aliphatic carbocycles. The van der Waals surface area contributed by atoms with E-state index in [4.69, 9.17) is 5.73 Å². The quantitative estimate of drug-likeness (QED) is 0.620. The van der Waals surface area contributed by atoms with Gasteiger partial charge in [-0.1, -0.05) is 6.07 Å². The van der Waals surface area contributed by atoms with Gasteiger partial charge in [-0.3, -0.25) is 19.8 Å². The van der Waals surface area contributed by atoms with Crippen LogP contribution in [0, 0.1) is 10.1 Å². The first-order valence-electron chi connectivity index (χ1n) is 6.51. The van der Waals surface area contributed by atoms with Gasteiger partial charge in [-0.05, 0) is 31.0 Å². The molecule has 1 aromatic rings. The maximum atomic E-state index is 11.3. The van der Waals surface area contributed by atoms with Crippen molar-refractivity contribution in [3.63, 3.8) is 0 Å². The number of nitro groups is 1. The third-order valence-corrected chi connectivity index (χ3v) is 3.61. The molecule has 108 valence electrons. The molecule has 0 spiro atoms. The van der Waals surface area contributed by atoms with Crippen molar-refractivity contribution < 1.29 is 9.72 Å². The van der Waals surface area contributed by atoms with Crippen molar-refractivity contribution in [3.8, 4) is 0 Å². The fraction of sp³-hybridized carbons (Fsp3) is 0.462. The molecule has 1 aromatic carbocycles. The van der Waals surface area contributed by atoms with Gasteiger partial charge in [0.15, 0.2) is 0 Å². The summed E-state index contributed by atoms with van der Waals surface area (Å²) in [5, 5.41) is 13.8. The van der Waals surface area contributed by atoms with Crippen LogP contribution in [0.5, 0.6) is 0 Å². The summed E-state index contributed by atoms with van der Waals surface area (Å²) in [4.78, 5) is 23.9. The van der Waals surface area contributed by atoms with Gasteiger partial charge in [0.1, 0.15) is 5.69 Å².